The molecule has 0 aliphatic heterocycles. The van der Waals surface area contributed by atoms with Gasteiger partial charge in [0.15, 0.2) is 4.96 Å². The van der Waals surface area contributed by atoms with E-state index in [0.29, 0.717) is 6.54 Å². The third-order valence-electron chi connectivity index (χ3n) is 3.29. The number of amides is 1. The molecule has 0 atom stereocenters. The summed E-state index contributed by atoms with van der Waals surface area (Å²) in [7, 11) is 0. The zero-order valence-electron chi connectivity index (χ0n) is 11.7. The van der Waals surface area contributed by atoms with Gasteiger partial charge < -0.3 is 5.32 Å². The van der Waals surface area contributed by atoms with Crippen molar-refractivity contribution in [1.29, 1.82) is 0 Å². The molecule has 0 spiro atoms. The monoisotopic (exact) mass is 303 g/mol. The summed E-state index contributed by atoms with van der Waals surface area (Å²) in [5.74, 6) is -0.305. The van der Waals surface area contributed by atoms with E-state index in [9.17, 15) is 9.18 Å². The number of benzene rings is 1. The fraction of sp³-hybridized carbons (Fsp3) is 0.200. The van der Waals surface area contributed by atoms with Crippen molar-refractivity contribution in [1.82, 2.24) is 14.7 Å². The number of nitrogens with zero attached hydrogens (tertiary/aromatic N) is 2. The summed E-state index contributed by atoms with van der Waals surface area (Å²) >= 11 is 1.55. The summed E-state index contributed by atoms with van der Waals surface area (Å²) in [4.78, 5) is 17.5. The average molecular weight is 303 g/mol. The van der Waals surface area contributed by atoms with Crippen LogP contribution in [0.15, 0.2) is 30.5 Å². The smallest absolute Gasteiger partial charge is 0.217 e. The van der Waals surface area contributed by atoms with Gasteiger partial charge in [0.1, 0.15) is 5.82 Å². The van der Waals surface area contributed by atoms with Crippen molar-refractivity contribution < 1.29 is 9.18 Å². The van der Waals surface area contributed by atoms with E-state index in [1.165, 1.54) is 19.1 Å². The van der Waals surface area contributed by atoms with Crippen LogP contribution >= 0.6 is 11.3 Å². The Kier molecular flexibility index (Phi) is 3.47. The average Bonchev–Trinajstić information content (AvgIpc) is 2.98. The van der Waals surface area contributed by atoms with Gasteiger partial charge in [0.2, 0.25) is 5.91 Å². The Morgan fingerprint density at radius 2 is 2.10 bits per heavy atom. The lowest BCUT2D eigenvalue weighted by Crippen LogP contribution is -2.18. The molecule has 3 aromatic rings. The maximum Gasteiger partial charge on any atom is 0.217 e. The molecular formula is C15H14FN3OS. The highest BCUT2D eigenvalue weighted by Crippen LogP contribution is 2.27. The van der Waals surface area contributed by atoms with E-state index >= 15 is 0 Å². The van der Waals surface area contributed by atoms with Crippen molar-refractivity contribution in [3.63, 3.8) is 0 Å². The number of thiazole rings is 1. The Morgan fingerprint density at radius 1 is 1.38 bits per heavy atom. The topological polar surface area (TPSA) is 46.4 Å². The summed E-state index contributed by atoms with van der Waals surface area (Å²) in [5, 5.41) is 2.79. The highest BCUT2D eigenvalue weighted by atomic mass is 32.1. The Hall–Kier alpha value is -2.21. The molecule has 6 heteroatoms. The second-order valence-corrected chi connectivity index (χ2v) is 5.87. The van der Waals surface area contributed by atoms with Crippen LogP contribution in [0.3, 0.4) is 0 Å². The largest absolute Gasteiger partial charge is 0.351 e. The van der Waals surface area contributed by atoms with Crippen LogP contribution in [-0.4, -0.2) is 15.3 Å². The van der Waals surface area contributed by atoms with Gasteiger partial charge >= 0.3 is 0 Å². The molecule has 0 radical (unpaired) electrons. The Bertz CT molecular complexity index is 804. The summed E-state index contributed by atoms with van der Waals surface area (Å²) < 4.78 is 15.0. The maximum absolute atomic E-state index is 13.0. The van der Waals surface area contributed by atoms with Crippen LogP contribution in [-0.2, 0) is 11.3 Å². The normalized spacial score (nSPS) is 11.0. The fourth-order valence-corrected chi connectivity index (χ4v) is 3.17. The molecule has 108 valence electrons. The van der Waals surface area contributed by atoms with Crippen molar-refractivity contribution in [2.24, 2.45) is 0 Å². The number of aromatic nitrogens is 2. The first-order chi connectivity index (χ1) is 10.0. The number of hydrogen-bond donors (Lipinski definition) is 1. The molecule has 21 heavy (non-hydrogen) atoms. The Balaban J connectivity index is 1.94. The summed E-state index contributed by atoms with van der Waals surface area (Å²) in [5.41, 5.74) is 2.76. The molecule has 0 saturated carbocycles. The van der Waals surface area contributed by atoms with Crippen LogP contribution in [0.2, 0.25) is 0 Å². The SMILES string of the molecule is CC(=O)NCc1sc2nc(-c3ccc(F)cc3)cn2c1C. The van der Waals surface area contributed by atoms with Crippen molar-refractivity contribution in [3.8, 4) is 11.3 Å². The highest BCUT2D eigenvalue weighted by molar-refractivity contribution is 7.17. The number of halogens is 1. The van der Waals surface area contributed by atoms with Crippen molar-refractivity contribution in [2.75, 3.05) is 0 Å². The van der Waals surface area contributed by atoms with Crippen LogP contribution in [0.5, 0.6) is 0 Å². The van der Waals surface area contributed by atoms with Gasteiger partial charge in [0.25, 0.3) is 0 Å². The van der Waals surface area contributed by atoms with Gasteiger partial charge in [-0.3, -0.25) is 9.20 Å². The van der Waals surface area contributed by atoms with E-state index in [1.54, 1.807) is 23.5 Å². The van der Waals surface area contributed by atoms with E-state index in [1.807, 2.05) is 17.5 Å². The van der Waals surface area contributed by atoms with Crippen LogP contribution in [0.4, 0.5) is 4.39 Å². The molecular weight excluding hydrogens is 289 g/mol. The molecule has 0 saturated heterocycles. The molecule has 1 aromatic carbocycles. The Morgan fingerprint density at radius 3 is 2.71 bits per heavy atom. The third kappa shape index (κ3) is 2.67. The number of hydrogen-bond acceptors (Lipinski definition) is 3. The molecule has 0 unspecified atom stereocenters. The minimum absolute atomic E-state index is 0.0487. The number of carbonyl (C=O) groups excluding carboxylic acids is 1. The summed E-state index contributed by atoms with van der Waals surface area (Å²) in [6.07, 6.45) is 1.94. The van der Waals surface area contributed by atoms with Gasteiger partial charge in [-0.15, -0.1) is 0 Å². The van der Waals surface area contributed by atoms with Crippen LogP contribution in [0.1, 0.15) is 17.5 Å². The first-order valence-corrected chi connectivity index (χ1v) is 7.34. The van der Waals surface area contributed by atoms with Gasteiger partial charge in [-0.05, 0) is 31.2 Å². The number of fused-ring (bicyclic) bond motifs is 1. The predicted octanol–water partition coefficient (Wildman–Crippen LogP) is 3.15. The van der Waals surface area contributed by atoms with Crippen LogP contribution in [0, 0.1) is 12.7 Å². The molecule has 4 nitrogen and oxygen atoms in total. The van der Waals surface area contributed by atoms with Gasteiger partial charge in [0.05, 0.1) is 12.2 Å². The van der Waals surface area contributed by atoms with Gasteiger partial charge in [-0.2, -0.15) is 0 Å². The minimum atomic E-state index is -0.256. The summed E-state index contributed by atoms with van der Waals surface area (Å²) in [6, 6.07) is 6.29. The molecule has 0 aliphatic carbocycles. The second-order valence-electron chi connectivity index (χ2n) is 4.81. The van der Waals surface area contributed by atoms with E-state index in [4.69, 9.17) is 0 Å². The quantitative estimate of drug-likeness (QED) is 0.808. The molecule has 3 rings (SSSR count). The van der Waals surface area contributed by atoms with Crippen molar-refractivity contribution in [3.05, 3.63) is 46.9 Å². The van der Waals surface area contributed by atoms with Gasteiger partial charge in [0, 0.05) is 29.3 Å². The minimum Gasteiger partial charge on any atom is -0.351 e. The first-order valence-electron chi connectivity index (χ1n) is 6.52. The molecule has 2 heterocycles. The van der Waals surface area contributed by atoms with E-state index in [0.717, 1.165) is 26.8 Å². The summed E-state index contributed by atoms with van der Waals surface area (Å²) in [6.45, 7) is 4.01. The predicted molar refractivity (Wildman–Crippen MR) is 80.7 cm³/mol. The number of imidazole rings is 1. The molecule has 0 aliphatic rings. The zero-order valence-corrected chi connectivity index (χ0v) is 12.5. The first kappa shape index (κ1) is 13.8. The molecule has 0 bridgehead atoms. The number of carbonyl (C=O) groups is 1. The van der Waals surface area contributed by atoms with Crippen molar-refractivity contribution in [2.45, 2.75) is 20.4 Å². The lowest BCUT2D eigenvalue weighted by atomic mass is 10.2. The molecule has 1 N–H and O–H groups in total. The van der Waals surface area contributed by atoms with E-state index in [-0.39, 0.29) is 11.7 Å². The molecule has 2 aromatic heterocycles. The number of rotatable bonds is 3. The molecule has 0 fully saturated rings. The Labute approximate surface area is 125 Å². The third-order valence-corrected chi connectivity index (χ3v) is 4.45. The van der Waals surface area contributed by atoms with Crippen LogP contribution < -0.4 is 5.32 Å². The van der Waals surface area contributed by atoms with Gasteiger partial charge in [-0.1, -0.05) is 11.3 Å². The van der Waals surface area contributed by atoms with Crippen molar-refractivity contribution >= 4 is 22.2 Å². The zero-order chi connectivity index (χ0) is 15.0. The lowest BCUT2D eigenvalue weighted by Gasteiger charge is -2.00. The number of aryl methyl sites for hydroxylation is 1. The van der Waals surface area contributed by atoms with E-state index in [2.05, 4.69) is 10.3 Å². The fourth-order valence-electron chi connectivity index (χ4n) is 2.12. The second kappa shape index (κ2) is 5.29. The maximum atomic E-state index is 13.0. The number of nitrogens with one attached hydrogen (secondary N) is 1. The highest BCUT2D eigenvalue weighted by Gasteiger charge is 2.12. The van der Waals surface area contributed by atoms with Gasteiger partial charge in [-0.25, -0.2) is 9.37 Å². The molecule has 1 amide bonds. The lowest BCUT2D eigenvalue weighted by molar-refractivity contribution is -0.119. The standard InChI is InChI=1S/C15H14FN3OS/c1-9-14(7-17-10(2)20)21-15-18-13(8-19(9)15)11-3-5-12(16)6-4-11/h3-6,8H,7H2,1-2H3,(H,17,20). The van der Waals surface area contributed by atoms with Crippen LogP contribution in [0.25, 0.3) is 16.2 Å². The van der Waals surface area contributed by atoms with E-state index < -0.39 is 0 Å².